The molecule has 0 atom stereocenters. The first-order valence-electron chi connectivity index (χ1n) is 4.29. The molecule has 1 N–H and O–H groups in total. The number of hydrogen-bond acceptors (Lipinski definition) is 2. The first-order chi connectivity index (χ1) is 6.18. The summed E-state index contributed by atoms with van der Waals surface area (Å²) < 4.78 is 0. The molecule has 2 aromatic rings. The van der Waals surface area contributed by atoms with Gasteiger partial charge in [-0.2, -0.15) is 0 Å². The summed E-state index contributed by atoms with van der Waals surface area (Å²) in [4.78, 5) is 9.53. The number of anilines is 1. The predicted octanol–water partition coefficient (Wildman–Crippen LogP) is 1.94. The van der Waals surface area contributed by atoms with Gasteiger partial charge in [-0.05, 0) is 18.6 Å². The van der Waals surface area contributed by atoms with Crippen LogP contribution in [0.5, 0.6) is 0 Å². The summed E-state index contributed by atoms with van der Waals surface area (Å²) in [5.41, 5.74) is 3.33. The summed E-state index contributed by atoms with van der Waals surface area (Å²) in [5, 5.41) is 1.19. The number of pyridine rings is 1. The van der Waals surface area contributed by atoms with Crippen molar-refractivity contribution in [2.24, 2.45) is 0 Å². The second kappa shape index (κ2) is 2.76. The highest BCUT2D eigenvalue weighted by molar-refractivity contribution is 5.90. The molecule has 0 spiro atoms. The molecule has 0 saturated carbocycles. The molecule has 68 valence electrons. The maximum Gasteiger partial charge on any atom is 0.139 e. The molecule has 0 bridgehead atoms. The summed E-state index contributed by atoms with van der Waals surface area (Å²) in [6.07, 6.45) is 3.86. The van der Waals surface area contributed by atoms with Crippen LogP contribution >= 0.6 is 0 Å². The Kier molecular flexibility index (Phi) is 1.72. The number of nitrogens with one attached hydrogen (secondary N) is 1. The zero-order chi connectivity index (χ0) is 9.42. The van der Waals surface area contributed by atoms with E-state index in [1.165, 1.54) is 16.6 Å². The van der Waals surface area contributed by atoms with Crippen molar-refractivity contribution in [3.63, 3.8) is 0 Å². The van der Waals surface area contributed by atoms with Gasteiger partial charge in [0.2, 0.25) is 0 Å². The first kappa shape index (κ1) is 8.10. The van der Waals surface area contributed by atoms with Crippen LogP contribution in [0, 0.1) is 6.92 Å². The number of nitrogens with zero attached hydrogens (tertiary/aromatic N) is 2. The topological polar surface area (TPSA) is 31.9 Å². The highest BCUT2D eigenvalue weighted by Gasteiger charge is 2.05. The lowest BCUT2D eigenvalue weighted by atomic mass is 10.2. The molecule has 0 unspecified atom stereocenters. The third-order valence-corrected chi connectivity index (χ3v) is 2.13. The molecule has 13 heavy (non-hydrogen) atoms. The van der Waals surface area contributed by atoms with Crippen molar-refractivity contribution in [2.75, 3.05) is 19.0 Å². The number of aromatic amines is 1. The zero-order valence-electron chi connectivity index (χ0n) is 8.13. The van der Waals surface area contributed by atoms with Gasteiger partial charge < -0.3 is 9.88 Å². The van der Waals surface area contributed by atoms with Crippen LogP contribution in [0.1, 0.15) is 5.56 Å². The average molecular weight is 175 g/mol. The molecule has 2 rings (SSSR count). The number of hydrogen-bond donors (Lipinski definition) is 1. The molecule has 0 aliphatic heterocycles. The predicted molar refractivity (Wildman–Crippen MR) is 55.2 cm³/mol. The molecule has 0 amide bonds. The molecule has 2 aromatic heterocycles. The molecule has 2 heterocycles. The van der Waals surface area contributed by atoms with Gasteiger partial charge in [0.15, 0.2) is 0 Å². The fourth-order valence-electron chi connectivity index (χ4n) is 1.46. The Bertz CT molecular complexity index is 429. The summed E-state index contributed by atoms with van der Waals surface area (Å²) in [6, 6.07) is 2.15. The maximum atomic E-state index is 4.30. The number of aromatic nitrogens is 2. The van der Waals surface area contributed by atoms with E-state index in [0.717, 1.165) is 5.65 Å². The Balaban J connectivity index is 2.71. The van der Waals surface area contributed by atoms with Gasteiger partial charge in [-0.25, -0.2) is 4.98 Å². The Morgan fingerprint density at radius 2 is 2.15 bits per heavy atom. The van der Waals surface area contributed by atoms with Crippen molar-refractivity contribution in [3.05, 3.63) is 24.0 Å². The van der Waals surface area contributed by atoms with Crippen molar-refractivity contribution in [1.29, 1.82) is 0 Å². The van der Waals surface area contributed by atoms with Crippen LogP contribution in [0.15, 0.2) is 18.5 Å². The molecule has 0 fully saturated rings. The highest BCUT2D eigenvalue weighted by Crippen LogP contribution is 2.23. The quantitative estimate of drug-likeness (QED) is 0.718. The van der Waals surface area contributed by atoms with Gasteiger partial charge in [0.25, 0.3) is 0 Å². The normalized spacial score (nSPS) is 10.7. The smallest absolute Gasteiger partial charge is 0.139 e. The van der Waals surface area contributed by atoms with Crippen LogP contribution in [0.25, 0.3) is 11.0 Å². The third-order valence-electron chi connectivity index (χ3n) is 2.13. The van der Waals surface area contributed by atoms with E-state index in [-0.39, 0.29) is 0 Å². The standard InChI is InChI=1S/C10H13N3/c1-7-4-8-9(13(2)3)6-12-10(8)11-5-7/h4-6H,1-3H3,(H,11,12). The fraction of sp³-hybridized carbons (Fsp3) is 0.300. The molecule has 3 nitrogen and oxygen atoms in total. The highest BCUT2D eigenvalue weighted by atomic mass is 15.1. The Morgan fingerprint density at radius 3 is 2.85 bits per heavy atom. The van der Waals surface area contributed by atoms with E-state index in [2.05, 4.69) is 27.9 Å². The second-order valence-corrected chi connectivity index (χ2v) is 3.48. The third kappa shape index (κ3) is 1.26. The van der Waals surface area contributed by atoms with Crippen LogP contribution in [-0.2, 0) is 0 Å². The molecule has 0 aliphatic rings. The van der Waals surface area contributed by atoms with Crippen LogP contribution in [0.3, 0.4) is 0 Å². The van der Waals surface area contributed by atoms with Crippen molar-refractivity contribution >= 4 is 16.7 Å². The summed E-state index contributed by atoms with van der Waals surface area (Å²) in [5.74, 6) is 0. The van der Waals surface area contributed by atoms with Gasteiger partial charge in [0, 0.05) is 31.9 Å². The van der Waals surface area contributed by atoms with E-state index >= 15 is 0 Å². The van der Waals surface area contributed by atoms with Crippen molar-refractivity contribution in [3.8, 4) is 0 Å². The van der Waals surface area contributed by atoms with E-state index in [4.69, 9.17) is 0 Å². The summed E-state index contributed by atoms with van der Waals surface area (Å²) in [7, 11) is 4.07. The minimum Gasteiger partial charge on any atom is -0.376 e. The Morgan fingerprint density at radius 1 is 1.38 bits per heavy atom. The largest absolute Gasteiger partial charge is 0.376 e. The molecule has 0 saturated heterocycles. The number of rotatable bonds is 1. The summed E-state index contributed by atoms with van der Waals surface area (Å²) in [6.45, 7) is 2.05. The zero-order valence-corrected chi connectivity index (χ0v) is 8.13. The second-order valence-electron chi connectivity index (χ2n) is 3.48. The van der Waals surface area contributed by atoms with Crippen molar-refractivity contribution < 1.29 is 0 Å². The van der Waals surface area contributed by atoms with Crippen LogP contribution < -0.4 is 4.90 Å². The van der Waals surface area contributed by atoms with Gasteiger partial charge in [0.05, 0.1) is 5.69 Å². The lowest BCUT2D eigenvalue weighted by Crippen LogP contribution is -2.07. The number of aryl methyl sites for hydroxylation is 1. The van der Waals surface area contributed by atoms with Gasteiger partial charge in [-0.15, -0.1) is 0 Å². The van der Waals surface area contributed by atoms with Gasteiger partial charge >= 0.3 is 0 Å². The first-order valence-corrected chi connectivity index (χ1v) is 4.29. The lowest BCUT2D eigenvalue weighted by molar-refractivity contribution is 1.14. The molecule has 0 radical (unpaired) electrons. The molecular weight excluding hydrogens is 162 g/mol. The van der Waals surface area contributed by atoms with Gasteiger partial charge in [-0.1, -0.05) is 0 Å². The van der Waals surface area contributed by atoms with Crippen LogP contribution in [-0.4, -0.2) is 24.1 Å². The van der Waals surface area contributed by atoms with E-state index in [1.54, 1.807) is 0 Å². The van der Waals surface area contributed by atoms with Crippen molar-refractivity contribution in [2.45, 2.75) is 6.92 Å². The van der Waals surface area contributed by atoms with E-state index in [1.807, 2.05) is 26.5 Å². The van der Waals surface area contributed by atoms with E-state index in [9.17, 15) is 0 Å². The monoisotopic (exact) mass is 175 g/mol. The van der Waals surface area contributed by atoms with E-state index in [0.29, 0.717) is 0 Å². The number of fused-ring (bicyclic) bond motifs is 1. The minimum atomic E-state index is 0.953. The Labute approximate surface area is 77.4 Å². The molecule has 0 aliphatic carbocycles. The minimum absolute atomic E-state index is 0.953. The van der Waals surface area contributed by atoms with Crippen molar-refractivity contribution in [1.82, 2.24) is 9.97 Å². The maximum absolute atomic E-state index is 4.30. The van der Waals surface area contributed by atoms with Crippen LogP contribution in [0.4, 0.5) is 5.69 Å². The molecule has 3 heteroatoms. The lowest BCUT2D eigenvalue weighted by Gasteiger charge is -2.09. The molecule has 0 aromatic carbocycles. The van der Waals surface area contributed by atoms with E-state index < -0.39 is 0 Å². The van der Waals surface area contributed by atoms with Gasteiger partial charge in [-0.3, -0.25) is 0 Å². The number of H-pyrrole nitrogens is 1. The average Bonchev–Trinajstić information content (AvgIpc) is 2.46. The molecular formula is C10H13N3. The van der Waals surface area contributed by atoms with Crippen LogP contribution in [0.2, 0.25) is 0 Å². The summed E-state index contributed by atoms with van der Waals surface area (Å²) >= 11 is 0. The SMILES string of the molecule is Cc1cnc2[nH]cc(N(C)C)c2c1. The fourth-order valence-corrected chi connectivity index (χ4v) is 1.46. The Hall–Kier alpha value is -1.51. The van der Waals surface area contributed by atoms with Gasteiger partial charge in [0.1, 0.15) is 5.65 Å².